The van der Waals surface area contributed by atoms with E-state index in [1.807, 2.05) is 16.8 Å². The summed E-state index contributed by atoms with van der Waals surface area (Å²) in [6.45, 7) is 3.29. The molecule has 0 N–H and O–H groups in total. The number of ether oxygens (including phenoxy) is 2. The fourth-order valence-corrected chi connectivity index (χ4v) is 2.74. The highest BCUT2D eigenvalue weighted by Gasteiger charge is 2.24. The Kier molecular flexibility index (Phi) is 7.20. The topological polar surface area (TPSA) is 73.7 Å². The van der Waals surface area contributed by atoms with Gasteiger partial charge in [-0.25, -0.2) is 4.98 Å². The molecule has 0 aliphatic heterocycles. The van der Waals surface area contributed by atoms with Crippen LogP contribution in [0.25, 0.3) is 0 Å². The Labute approximate surface area is 153 Å². The van der Waals surface area contributed by atoms with E-state index in [9.17, 15) is 9.59 Å². The van der Waals surface area contributed by atoms with Crippen LogP contribution in [0.4, 0.5) is 0 Å². The highest BCUT2D eigenvalue weighted by atomic mass is 16.5. The van der Waals surface area contributed by atoms with E-state index in [0.717, 1.165) is 13.0 Å². The summed E-state index contributed by atoms with van der Waals surface area (Å²) in [6.07, 6.45) is 6.08. The molecule has 1 atom stereocenters. The molecule has 0 aliphatic carbocycles. The SMILES string of the molecule is COC(=O)C(C)CN(CCCn1ccnc1)C(=O)c1ccccc1OC. The number of nitrogens with zero attached hydrogens (tertiary/aromatic N) is 3. The van der Waals surface area contributed by atoms with Gasteiger partial charge in [0.15, 0.2) is 0 Å². The molecule has 7 heteroatoms. The summed E-state index contributed by atoms with van der Waals surface area (Å²) in [5.74, 6) is -0.393. The van der Waals surface area contributed by atoms with Crippen molar-refractivity contribution in [3.8, 4) is 5.75 Å². The number of aromatic nitrogens is 2. The molecule has 2 rings (SSSR count). The number of hydrogen-bond acceptors (Lipinski definition) is 5. The van der Waals surface area contributed by atoms with Crippen LogP contribution in [0.2, 0.25) is 0 Å². The number of esters is 1. The minimum atomic E-state index is -0.410. The summed E-state index contributed by atoms with van der Waals surface area (Å²) in [5, 5.41) is 0. The Bertz CT molecular complexity index is 715. The molecule has 2 aromatic rings. The molecule has 0 fully saturated rings. The summed E-state index contributed by atoms with van der Waals surface area (Å²) in [4.78, 5) is 30.5. The molecule has 1 heterocycles. The second-order valence-corrected chi connectivity index (χ2v) is 6.03. The van der Waals surface area contributed by atoms with Crippen molar-refractivity contribution in [1.82, 2.24) is 14.5 Å². The van der Waals surface area contributed by atoms with Gasteiger partial charge in [0.25, 0.3) is 5.91 Å². The molecule has 0 bridgehead atoms. The molecular weight excluding hydrogens is 334 g/mol. The maximum absolute atomic E-state index is 13.0. The molecule has 1 aromatic carbocycles. The Balaban J connectivity index is 2.12. The molecule has 1 aromatic heterocycles. The lowest BCUT2D eigenvalue weighted by Crippen LogP contribution is -2.38. The summed E-state index contributed by atoms with van der Waals surface area (Å²) in [5.41, 5.74) is 0.481. The van der Waals surface area contributed by atoms with Gasteiger partial charge in [0, 0.05) is 32.0 Å². The minimum Gasteiger partial charge on any atom is -0.496 e. The lowest BCUT2D eigenvalue weighted by molar-refractivity contribution is -0.145. The van der Waals surface area contributed by atoms with Gasteiger partial charge in [-0.1, -0.05) is 19.1 Å². The van der Waals surface area contributed by atoms with E-state index in [-0.39, 0.29) is 18.4 Å². The van der Waals surface area contributed by atoms with E-state index in [1.165, 1.54) is 14.2 Å². The Morgan fingerprint density at radius 1 is 1.27 bits per heavy atom. The van der Waals surface area contributed by atoms with Crippen LogP contribution in [0.3, 0.4) is 0 Å². The second kappa shape index (κ2) is 9.60. The highest BCUT2D eigenvalue weighted by molar-refractivity contribution is 5.97. The quantitative estimate of drug-likeness (QED) is 0.642. The summed E-state index contributed by atoms with van der Waals surface area (Å²) in [7, 11) is 2.89. The van der Waals surface area contributed by atoms with E-state index in [1.54, 1.807) is 42.5 Å². The zero-order valence-electron chi connectivity index (χ0n) is 15.4. The average molecular weight is 359 g/mol. The van der Waals surface area contributed by atoms with Crippen LogP contribution in [0, 0.1) is 5.92 Å². The molecular formula is C19H25N3O4. The molecule has 1 amide bonds. The number of hydrogen-bond donors (Lipinski definition) is 0. The number of para-hydroxylation sites is 1. The van der Waals surface area contributed by atoms with Crippen LogP contribution in [0.15, 0.2) is 43.0 Å². The molecule has 0 saturated carbocycles. The Hall–Kier alpha value is -2.83. The summed E-state index contributed by atoms with van der Waals surface area (Å²) < 4.78 is 12.0. The Morgan fingerprint density at radius 2 is 2.04 bits per heavy atom. The van der Waals surface area contributed by atoms with Gasteiger partial charge in [-0.3, -0.25) is 9.59 Å². The third-order valence-electron chi connectivity index (χ3n) is 4.13. The van der Waals surface area contributed by atoms with Gasteiger partial charge in [0.05, 0.1) is 32.0 Å². The number of carbonyl (C=O) groups excluding carboxylic acids is 2. The Morgan fingerprint density at radius 3 is 2.69 bits per heavy atom. The van der Waals surface area contributed by atoms with E-state index in [4.69, 9.17) is 9.47 Å². The number of methoxy groups -OCH3 is 2. The fraction of sp³-hybridized carbons (Fsp3) is 0.421. The third-order valence-corrected chi connectivity index (χ3v) is 4.13. The first-order chi connectivity index (χ1) is 12.6. The van der Waals surface area contributed by atoms with Crippen LogP contribution < -0.4 is 4.74 Å². The number of amides is 1. The van der Waals surface area contributed by atoms with Gasteiger partial charge in [-0.15, -0.1) is 0 Å². The molecule has 0 radical (unpaired) electrons. The van der Waals surface area contributed by atoms with Gasteiger partial charge in [0.2, 0.25) is 0 Å². The van der Waals surface area contributed by atoms with E-state index in [0.29, 0.717) is 17.9 Å². The molecule has 26 heavy (non-hydrogen) atoms. The fourth-order valence-electron chi connectivity index (χ4n) is 2.74. The van der Waals surface area contributed by atoms with Gasteiger partial charge in [-0.2, -0.15) is 0 Å². The van der Waals surface area contributed by atoms with Crippen LogP contribution in [-0.4, -0.2) is 53.6 Å². The van der Waals surface area contributed by atoms with Crippen molar-refractivity contribution in [2.24, 2.45) is 5.92 Å². The van der Waals surface area contributed by atoms with Crippen LogP contribution in [-0.2, 0) is 16.1 Å². The lowest BCUT2D eigenvalue weighted by atomic mass is 10.1. The van der Waals surface area contributed by atoms with Crippen LogP contribution >= 0.6 is 0 Å². The van der Waals surface area contributed by atoms with Crippen LogP contribution in [0.1, 0.15) is 23.7 Å². The molecule has 0 spiro atoms. The van der Waals surface area contributed by atoms with E-state index in [2.05, 4.69) is 4.98 Å². The maximum atomic E-state index is 13.0. The number of imidazole rings is 1. The number of rotatable bonds is 9. The number of aryl methyl sites for hydroxylation is 1. The first-order valence-electron chi connectivity index (χ1n) is 8.52. The highest BCUT2D eigenvalue weighted by Crippen LogP contribution is 2.20. The zero-order chi connectivity index (χ0) is 18.9. The monoisotopic (exact) mass is 359 g/mol. The average Bonchev–Trinajstić information content (AvgIpc) is 3.19. The maximum Gasteiger partial charge on any atom is 0.310 e. The summed E-state index contributed by atoms with van der Waals surface area (Å²) >= 11 is 0. The minimum absolute atomic E-state index is 0.163. The molecule has 0 saturated heterocycles. The normalized spacial score (nSPS) is 11.7. The van der Waals surface area contributed by atoms with Crippen LogP contribution in [0.5, 0.6) is 5.75 Å². The van der Waals surface area contributed by atoms with Gasteiger partial charge < -0.3 is 18.9 Å². The third kappa shape index (κ3) is 5.08. The molecule has 140 valence electrons. The van der Waals surface area contributed by atoms with Crippen molar-refractivity contribution >= 4 is 11.9 Å². The second-order valence-electron chi connectivity index (χ2n) is 6.03. The largest absolute Gasteiger partial charge is 0.496 e. The van der Waals surface area contributed by atoms with E-state index < -0.39 is 5.92 Å². The van der Waals surface area contributed by atoms with Crippen molar-refractivity contribution in [3.05, 3.63) is 48.5 Å². The van der Waals surface area contributed by atoms with Gasteiger partial charge >= 0.3 is 5.97 Å². The van der Waals surface area contributed by atoms with Crippen molar-refractivity contribution in [1.29, 1.82) is 0 Å². The number of carbonyl (C=O) groups is 2. The van der Waals surface area contributed by atoms with Gasteiger partial charge in [0.1, 0.15) is 5.75 Å². The van der Waals surface area contributed by atoms with Gasteiger partial charge in [-0.05, 0) is 18.6 Å². The molecule has 1 unspecified atom stereocenters. The van der Waals surface area contributed by atoms with Crippen molar-refractivity contribution in [2.45, 2.75) is 19.9 Å². The first kappa shape index (κ1) is 19.5. The van der Waals surface area contributed by atoms with Crippen molar-refractivity contribution in [3.63, 3.8) is 0 Å². The summed E-state index contributed by atoms with van der Waals surface area (Å²) in [6, 6.07) is 7.09. The smallest absolute Gasteiger partial charge is 0.310 e. The van der Waals surface area contributed by atoms with Crippen molar-refractivity contribution < 1.29 is 19.1 Å². The van der Waals surface area contributed by atoms with Crippen molar-refractivity contribution in [2.75, 3.05) is 27.3 Å². The van der Waals surface area contributed by atoms with E-state index >= 15 is 0 Å². The predicted octanol–water partition coefficient (Wildman–Crippen LogP) is 2.23. The first-order valence-corrected chi connectivity index (χ1v) is 8.52. The number of benzene rings is 1. The molecule has 7 nitrogen and oxygen atoms in total. The predicted molar refractivity (Wildman–Crippen MR) is 96.9 cm³/mol. The standard InChI is InChI=1S/C19H25N3O4/c1-15(19(24)26-3)13-22(11-6-10-21-12-9-20-14-21)18(23)16-7-4-5-8-17(16)25-2/h4-5,7-9,12,14-15H,6,10-11,13H2,1-3H3. The zero-order valence-corrected chi connectivity index (χ0v) is 15.4. The lowest BCUT2D eigenvalue weighted by Gasteiger charge is -2.26. The molecule has 0 aliphatic rings.